The van der Waals surface area contributed by atoms with Gasteiger partial charge < -0.3 is 0 Å². The maximum absolute atomic E-state index is 11.3. The molecule has 0 heterocycles. The van der Waals surface area contributed by atoms with E-state index in [0.29, 0.717) is 12.3 Å². The number of halogens is 1. The molecule has 0 aliphatic rings. The van der Waals surface area contributed by atoms with Gasteiger partial charge in [0.05, 0.1) is 0 Å². The van der Waals surface area contributed by atoms with E-state index in [1.54, 1.807) is 6.07 Å². The van der Waals surface area contributed by atoms with Crippen LogP contribution in [0.4, 0.5) is 10.5 Å². The van der Waals surface area contributed by atoms with E-state index < -0.39 is 20.3 Å². The topological polar surface area (TPSA) is 95.9 Å². The van der Waals surface area contributed by atoms with Crippen LogP contribution in [-0.4, -0.2) is 40.9 Å². The van der Waals surface area contributed by atoms with Crippen LogP contribution in [0.25, 0.3) is 0 Å². The molecule has 0 saturated heterocycles. The van der Waals surface area contributed by atoms with E-state index in [4.69, 9.17) is 24.5 Å². The Morgan fingerprint density at radius 3 is 2.67 bits per heavy atom. The van der Waals surface area contributed by atoms with Crippen molar-refractivity contribution in [1.29, 1.82) is 0 Å². The van der Waals surface area contributed by atoms with Gasteiger partial charge in [-0.1, -0.05) is 0 Å². The first-order valence-corrected chi connectivity index (χ1v) is 9.02. The predicted octanol–water partition coefficient (Wildman–Crippen LogP) is 0.425. The first-order chi connectivity index (χ1) is 8.45. The number of anilines is 1. The van der Waals surface area contributed by atoms with Gasteiger partial charge in [-0.25, -0.2) is 0 Å². The second kappa shape index (κ2) is 6.85. The van der Waals surface area contributed by atoms with Crippen LogP contribution in [0.3, 0.4) is 0 Å². The molecule has 0 aliphatic carbocycles. The van der Waals surface area contributed by atoms with Gasteiger partial charge in [-0.3, -0.25) is 0 Å². The van der Waals surface area contributed by atoms with Gasteiger partial charge in [0.1, 0.15) is 0 Å². The van der Waals surface area contributed by atoms with Crippen LogP contribution in [0.2, 0.25) is 0 Å². The third-order valence-corrected chi connectivity index (χ3v) is 4.37. The molecule has 1 amide bonds. The Labute approximate surface area is 112 Å². The third-order valence-electron chi connectivity index (χ3n) is 1.97. The Morgan fingerprint density at radius 2 is 2.06 bits per heavy atom. The van der Waals surface area contributed by atoms with Gasteiger partial charge in [0, 0.05) is 0 Å². The summed E-state index contributed by atoms with van der Waals surface area (Å²) in [5, 5.41) is 2.29. The summed E-state index contributed by atoms with van der Waals surface area (Å²) >= 11 is 0.350. The van der Waals surface area contributed by atoms with Crippen LogP contribution in [0.1, 0.15) is 6.42 Å². The summed E-state index contributed by atoms with van der Waals surface area (Å²) in [5.41, 5.74) is 0.0564. The van der Waals surface area contributed by atoms with E-state index in [2.05, 4.69) is 5.32 Å². The van der Waals surface area contributed by atoms with E-state index in [-0.39, 0.29) is 16.6 Å². The first kappa shape index (κ1) is 15.1. The van der Waals surface area contributed by atoms with Crippen LogP contribution in [0, 0.1) is 0 Å². The van der Waals surface area contributed by atoms with Crippen molar-refractivity contribution in [3.05, 3.63) is 24.3 Å². The quantitative estimate of drug-likeness (QED) is 0.411. The summed E-state index contributed by atoms with van der Waals surface area (Å²) in [6.07, 6.45) is -0.254. The van der Waals surface area contributed by atoms with Crippen molar-refractivity contribution < 1.29 is 21.5 Å². The molecule has 0 aromatic heterocycles. The number of nitrogens with one attached hydrogen (secondary N) is 1. The van der Waals surface area contributed by atoms with Crippen LogP contribution < -0.4 is 9.67 Å². The van der Waals surface area contributed by atoms with Crippen molar-refractivity contribution in [2.24, 2.45) is 0 Å². The molecule has 3 N–H and O–H groups in total. The fourth-order valence-corrected chi connectivity index (χ4v) is 2.83. The molecule has 0 saturated carbocycles. The van der Waals surface area contributed by atoms with E-state index in [0.717, 1.165) is 0 Å². The molecule has 18 heavy (non-hydrogen) atoms. The molecule has 8 heteroatoms. The number of carbonyl (C=O) groups excluding carboxylic acids is 1. The van der Waals surface area contributed by atoms with Gasteiger partial charge in [-0.2, -0.15) is 0 Å². The average molecular weight is 338 g/mol. The van der Waals surface area contributed by atoms with Crippen molar-refractivity contribution in [2.75, 3.05) is 17.8 Å². The molecule has 0 radical (unpaired) electrons. The second-order valence-electron chi connectivity index (χ2n) is 3.36. The Kier molecular flexibility index (Phi) is 5.75. The number of ether oxygens (including phenoxy) is 1. The number of hydrogen-bond donors (Lipinski definition) is 3. The molecular formula is C10H13AsClNO5. The number of amides is 1. The van der Waals surface area contributed by atoms with Crippen LogP contribution in [0.5, 0.6) is 0 Å². The predicted molar refractivity (Wildman–Crippen MR) is 67.3 cm³/mol. The van der Waals surface area contributed by atoms with Crippen LogP contribution in [-0.2, 0) is 8.48 Å². The second-order valence-corrected chi connectivity index (χ2v) is 7.04. The molecule has 0 spiro atoms. The Hall–Kier alpha value is -0.942. The molecular weight excluding hydrogens is 324 g/mol. The fourth-order valence-electron chi connectivity index (χ4n) is 1.20. The van der Waals surface area contributed by atoms with Crippen LogP contribution >= 0.6 is 11.6 Å². The van der Waals surface area contributed by atoms with Crippen molar-refractivity contribution in [3.8, 4) is 0 Å². The molecule has 1 rings (SSSR count). The SMILES string of the molecule is O=C(Nc1ccccc1[As](=O)(O)O)OCCCCl. The van der Waals surface area contributed by atoms with Crippen molar-refractivity contribution in [3.63, 3.8) is 0 Å². The summed E-state index contributed by atoms with van der Waals surface area (Å²) in [4.78, 5) is 11.3. The average Bonchev–Trinajstić information content (AvgIpc) is 2.28. The zero-order valence-electron chi connectivity index (χ0n) is 9.38. The summed E-state index contributed by atoms with van der Waals surface area (Å²) in [6.45, 7) is 0.151. The van der Waals surface area contributed by atoms with E-state index >= 15 is 0 Å². The van der Waals surface area contributed by atoms with Gasteiger partial charge in [-0.05, 0) is 0 Å². The zero-order chi connectivity index (χ0) is 13.6. The van der Waals surface area contributed by atoms with E-state index in [9.17, 15) is 8.53 Å². The Balaban J connectivity index is 2.73. The molecule has 0 fully saturated rings. The zero-order valence-corrected chi connectivity index (χ0v) is 12.0. The number of rotatable bonds is 5. The molecule has 1 aromatic carbocycles. The Morgan fingerprint density at radius 1 is 1.39 bits per heavy atom. The molecule has 100 valence electrons. The van der Waals surface area contributed by atoms with E-state index in [1.165, 1.54) is 18.2 Å². The first-order valence-electron chi connectivity index (χ1n) is 5.10. The van der Waals surface area contributed by atoms with Gasteiger partial charge in [0.15, 0.2) is 0 Å². The monoisotopic (exact) mass is 337 g/mol. The molecule has 0 unspecified atom stereocenters. The fraction of sp³-hybridized carbons (Fsp3) is 0.300. The van der Waals surface area contributed by atoms with E-state index in [1.807, 2.05) is 0 Å². The van der Waals surface area contributed by atoms with Gasteiger partial charge in [0.25, 0.3) is 0 Å². The molecule has 0 bridgehead atoms. The van der Waals surface area contributed by atoms with Crippen molar-refractivity contribution in [1.82, 2.24) is 0 Å². The molecule has 0 aliphatic heterocycles. The number of para-hydroxylation sites is 1. The third kappa shape index (κ3) is 4.74. The number of alkyl halides is 1. The number of carbonyl (C=O) groups is 1. The number of benzene rings is 1. The molecule has 6 nitrogen and oxygen atoms in total. The number of hydrogen-bond acceptors (Lipinski definition) is 3. The van der Waals surface area contributed by atoms with Gasteiger partial charge in [0.2, 0.25) is 0 Å². The van der Waals surface area contributed by atoms with Gasteiger partial charge >= 0.3 is 112 Å². The summed E-state index contributed by atoms with van der Waals surface area (Å²) < 4.78 is 34.1. The Bertz CT molecular complexity index is 461. The van der Waals surface area contributed by atoms with Crippen LogP contribution in [0.15, 0.2) is 24.3 Å². The summed E-state index contributed by atoms with van der Waals surface area (Å²) in [6, 6.07) is 5.72. The van der Waals surface area contributed by atoms with Crippen molar-refractivity contribution >= 4 is 41.9 Å². The molecule has 1 aromatic rings. The standard InChI is InChI=1S/C10H13AsClNO5/c12-6-3-7-18-10(14)13-9-5-2-1-4-8(9)11(15,16)17/h1-2,4-5H,3,6-7H2,(H,13,14)(H2,15,16,17). The molecule has 0 atom stereocenters. The normalized spacial score (nSPS) is 11.1. The summed E-state index contributed by atoms with van der Waals surface area (Å²) in [7, 11) is 0. The minimum atomic E-state index is -5.07. The minimum absolute atomic E-state index is 0.0564. The maximum atomic E-state index is 11.3. The summed E-state index contributed by atoms with van der Waals surface area (Å²) in [5.74, 6) is 0.370. The van der Waals surface area contributed by atoms with Crippen molar-refractivity contribution in [2.45, 2.75) is 6.42 Å². The van der Waals surface area contributed by atoms with Gasteiger partial charge in [-0.15, -0.1) is 0 Å².